The summed E-state index contributed by atoms with van der Waals surface area (Å²) < 4.78 is 6.42. The molecule has 4 N–H and O–H groups in total. The molecule has 0 aromatic rings. The lowest BCUT2D eigenvalue weighted by atomic mass is 9.45. The number of hydrogen-bond acceptors (Lipinski definition) is 9. The summed E-state index contributed by atoms with van der Waals surface area (Å²) in [6.45, 7) is 14.2. The first-order valence-corrected chi connectivity index (χ1v) is 21.1. The van der Waals surface area contributed by atoms with Gasteiger partial charge in [-0.05, 0) is 127 Å². The van der Waals surface area contributed by atoms with Crippen LogP contribution in [0.25, 0.3) is 0 Å². The maximum absolute atomic E-state index is 14.3. The number of ether oxygens (including phenoxy) is 1. The van der Waals surface area contributed by atoms with Crippen molar-refractivity contribution >= 4 is 11.8 Å². The second kappa shape index (κ2) is 17.9. The standard InChI is InChI=1S/C42H77N5O6/c1-24(2)15-31(22-45(7)8)43-40(50)29-16-28(17-32(18-29)46(9)10)33-14-12-13-27(39(33)52-11)21-47-38(37(26(4)49)36(23-48)53-47)41(51)44-35-20-30-19-34(25(35)3)42(30,5)6/h24-39,48-49H,12-23H2,1-11H3,(H,43,50)(H,44,51)/t25-,26-,27?,28?,29?,30+,31-,32?,33?,34-,35-,36-,37-,38-,39?/m0/s1. The van der Waals surface area contributed by atoms with Gasteiger partial charge in [-0.3, -0.25) is 14.4 Å². The van der Waals surface area contributed by atoms with E-state index in [0.717, 1.165) is 57.9 Å². The van der Waals surface area contributed by atoms with Crippen LogP contribution in [0.4, 0.5) is 0 Å². The number of aliphatic hydroxyl groups excluding tert-OH is 2. The van der Waals surface area contributed by atoms with Crippen LogP contribution in [0.2, 0.25) is 0 Å². The number of amides is 2. The Labute approximate surface area is 321 Å². The zero-order chi connectivity index (χ0) is 38.9. The van der Waals surface area contributed by atoms with Crippen LogP contribution < -0.4 is 10.6 Å². The molecular weight excluding hydrogens is 670 g/mol. The minimum Gasteiger partial charge on any atom is -0.394 e. The molecule has 6 aliphatic rings. The molecule has 306 valence electrons. The van der Waals surface area contributed by atoms with Crippen LogP contribution >= 0.6 is 0 Å². The summed E-state index contributed by atoms with van der Waals surface area (Å²) in [6, 6.07) is -0.172. The van der Waals surface area contributed by atoms with E-state index in [1.54, 1.807) is 12.0 Å². The molecule has 5 saturated carbocycles. The molecule has 0 spiro atoms. The first kappa shape index (κ1) is 42.8. The molecule has 0 aromatic heterocycles. The van der Waals surface area contributed by atoms with Crippen molar-refractivity contribution in [3.05, 3.63) is 0 Å². The number of nitrogens with zero attached hydrogens (tertiary/aromatic N) is 3. The molecule has 1 aliphatic heterocycles. The topological polar surface area (TPSA) is 127 Å². The van der Waals surface area contributed by atoms with Gasteiger partial charge in [0.15, 0.2) is 0 Å². The van der Waals surface area contributed by atoms with Crippen molar-refractivity contribution in [3.8, 4) is 0 Å². The minimum absolute atomic E-state index is 0.0539. The van der Waals surface area contributed by atoms with Crippen molar-refractivity contribution in [2.24, 2.45) is 58.7 Å². The highest BCUT2D eigenvalue weighted by Crippen LogP contribution is 2.61. The van der Waals surface area contributed by atoms with Gasteiger partial charge >= 0.3 is 0 Å². The predicted octanol–water partition coefficient (Wildman–Crippen LogP) is 4.02. The second-order valence-electron chi connectivity index (χ2n) is 19.7. The molecule has 6 rings (SSSR count). The summed E-state index contributed by atoms with van der Waals surface area (Å²) in [7, 11) is 10.2. The third-order valence-electron chi connectivity index (χ3n) is 14.9. The molecule has 2 bridgehead atoms. The van der Waals surface area contributed by atoms with Gasteiger partial charge in [-0.2, -0.15) is 5.06 Å². The Morgan fingerprint density at radius 3 is 2.30 bits per heavy atom. The number of hydroxylamine groups is 2. The molecule has 6 unspecified atom stereocenters. The van der Waals surface area contributed by atoms with E-state index >= 15 is 0 Å². The molecule has 0 radical (unpaired) electrons. The number of nitrogens with one attached hydrogen (secondary N) is 2. The van der Waals surface area contributed by atoms with Crippen molar-refractivity contribution in [1.82, 2.24) is 25.5 Å². The number of likely N-dealkylation sites (N-methyl/N-ethyl adjacent to an activating group) is 1. The summed E-state index contributed by atoms with van der Waals surface area (Å²) in [6.07, 6.45) is 7.40. The lowest BCUT2D eigenvalue weighted by Crippen LogP contribution is -2.62. The fourth-order valence-electron chi connectivity index (χ4n) is 11.9. The van der Waals surface area contributed by atoms with Crippen molar-refractivity contribution in [1.29, 1.82) is 0 Å². The number of aliphatic hydroxyl groups is 2. The minimum atomic E-state index is -0.826. The Morgan fingerprint density at radius 2 is 1.74 bits per heavy atom. The highest BCUT2D eigenvalue weighted by molar-refractivity contribution is 5.83. The van der Waals surface area contributed by atoms with Crippen LogP contribution in [-0.4, -0.2) is 134 Å². The first-order valence-electron chi connectivity index (χ1n) is 21.1. The van der Waals surface area contributed by atoms with Gasteiger partial charge in [0.2, 0.25) is 11.8 Å². The average Bonchev–Trinajstić information content (AvgIpc) is 3.46. The van der Waals surface area contributed by atoms with Crippen LogP contribution in [0.15, 0.2) is 0 Å². The van der Waals surface area contributed by atoms with Crippen molar-refractivity contribution in [2.75, 3.05) is 55.0 Å². The SMILES string of the molecule is COC1C(CN2O[C@@H](CO)[C@H]([C@H](C)O)[C@H]2C(=O)N[C@H]2C[C@H]3C[C@@H]([C@@H]2C)C3(C)C)CCCC1C1CC(C(=O)N[C@@H](CC(C)C)CN(C)C)CC(N(C)C)C1. The van der Waals surface area contributed by atoms with E-state index in [0.29, 0.717) is 47.6 Å². The zero-order valence-electron chi connectivity index (χ0n) is 35.1. The summed E-state index contributed by atoms with van der Waals surface area (Å²) in [5.74, 6) is 2.27. The van der Waals surface area contributed by atoms with Gasteiger partial charge in [-0.15, -0.1) is 0 Å². The normalized spacial score (nSPS) is 39.9. The number of carbonyl (C=O) groups is 2. The molecule has 1 heterocycles. The molecular formula is C42H77N5O6. The Bertz CT molecular complexity index is 1200. The number of hydrogen-bond donors (Lipinski definition) is 4. The molecule has 0 aromatic carbocycles. The maximum atomic E-state index is 14.3. The Kier molecular flexibility index (Phi) is 14.4. The number of carbonyl (C=O) groups excluding carboxylic acids is 2. The summed E-state index contributed by atoms with van der Waals surface area (Å²) in [4.78, 5) is 39.2. The van der Waals surface area contributed by atoms with Crippen molar-refractivity contribution in [2.45, 2.75) is 142 Å². The Balaban J connectivity index is 1.31. The van der Waals surface area contributed by atoms with E-state index < -0.39 is 24.2 Å². The summed E-state index contributed by atoms with van der Waals surface area (Å²) >= 11 is 0. The Morgan fingerprint density at radius 1 is 1.02 bits per heavy atom. The monoisotopic (exact) mass is 748 g/mol. The number of fused-ring (bicyclic) bond motifs is 2. The van der Waals surface area contributed by atoms with Gasteiger partial charge in [-0.1, -0.05) is 41.0 Å². The van der Waals surface area contributed by atoms with Crippen LogP contribution in [0.5, 0.6) is 0 Å². The largest absolute Gasteiger partial charge is 0.394 e. The second-order valence-corrected chi connectivity index (χ2v) is 19.7. The number of rotatable bonds is 15. The van der Waals surface area contributed by atoms with Gasteiger partial charge in [0.25, 0.3) is 0 Å². The predicted molar refractivity (Wildman–Crippen MR) is 209 cm³/mol. The first-order chi connectivity index (χ1) is 25.0. The quantitative estimate of drug-likeness (QED) is 0.197. The molecule has 1 saturated heterocycles. The van der Waals surface area contributed by atoms with Crippen molar-refractivity contribution in [3.63, 3.8) is 0 Å². The third-order valence-corrected chi connectivity index (χ3v) is 14.9. The van der Waals surface area contributed by atoms with Gasteiger partial charge in [0, 0.05) is 56.1 Å². The lowest BCUT2D eigenvalue weighted by molar-refractivity contribution is -0.193. The fraction of sp³-hybridized carbons (Fsp3) is 0.952. The van der Waals surface area contributed by atoms with Crippen LogP contribution in [0.1, 0.15) is 99.3 Å². The molecule has 11 nitrogen and oxygen atoms in total. The van der Waals surface area contributed by atoms with E-state index in [-0.39, 0.29) is 54.4 Å². The zero-order valence-corrected chi connectivity index (χ0v) is 35.1. The van der Waals surface area contributed by atoms with Gasteiger partial charge in [0.1, 0.15) is 12.1 Å². The van der Waals surface area contributed by atoms with E-state index in [1.165, 1.54) is 6.42 Å². The highest BCUT2D eigenvalue weighted by atomic mass is 16.7. The van der Waals surface area contributed by atoms with Gasteiger partial charge in [-0.25, -0.2) is 0 Å². The Hall–Kier alpha value is -1.34. The van der Waals surface area contributed by atoms with Gasteiger partial charge in [0.05, 0.1) is 18.8 Å². The fourth-order valence-corrected chi connectivity index (χ4v) is 11.9. The third kappa shape index (κ3) is 9.45. The molecule has 15 atom stereocenters. The van der Waals surface area contributed by atoms with Gasteiger partial charge < -0.3 is 35.4 Å². The molecule has 53 heavy (non-hydrogen) atoms. The number of methoxy groups -OCH3 is 1. The molecule has 11 heteroatoms. The molecule has 5 aliphatic carbocycles. The van der Waals surface area contributed by atoms with Crippen LogP contribution in [-0.2, 0) is 19.2 Å². The summed E-state index contributed by atoms with van der Waals surface area (Å²) in [5, 5.41) is 30.1. The maximum Gasteiger partial charge on any atom is 0.240 e. The van der Waals surface area contributed by atoms with Crippen LogP contribution in [0.3, 0.4) is 0 Å². The van der Waals surface area contributed by atoms with E-state index in [1.807, 2.05) is 7.11 Å². The molecule has 6 fully saturated rings. The van der Waals surface area contributed by atoms with E-state index in [2.05, 4.69) is 83.2 Å². The summed E-state index contributed by atoms with van der Waals surface area (Å²) in [5.41, 5.74) is 0.316. The smallest absolute Gasteiger partial charge is 0.240 e. The van der Waals surface area contributed by atoms with E-state index in [9.17, 15) is 19.8 Å². The average molecular weight is 748 g/mol. The highest BCUT2D eigenvalue weighted by Gasteiger charge is 2.58. The van der Waals surface area contributed by atoms with Crippen LogP contribution in [0, 0.1) is 58.7 Å². The lowest BCUT2D eigenvalue weighted by Gasteiger charge is -2.62. The molecule has 2 amide bonds. The van der Waals surface area contributed by atoms with Crippen molar-refractivity contribution < 1.29 is 29.4 Å². The van der Waals surface area contributed by atoms with E-state index in [4.69, 9.17) is 9.57 Å².